The number of carbonyl (C=O) groups is 2. The number of amides is 1. The van der Waals surface area contributed by atoms with E-state index in [1.807, 2.05) is 25.2 Å². The number of methoxy groups -OCH3 is 1. The number of nitrogens with one attached hydrogen (secondary N) is 1. The largest absolute Gasteiger partial charge is 0.466 e. The Balaban J connectivity index is 4.76. The van der Waals surface area contributed by atoms with Crippen LogP contribution < -0.4 is 11.1 Å². The Morgan fingerprint density at radius 2 is 1.48 bits per heavy atom. The van der Waals surface area contributed by atoms with Gasteiger partial charge in [-0.15, -0.1) is 0 Å². The maximum atomic E-state index is 12.7. The molecule has 0 aliphatic heterocycles. The molecule has 0 aromatic rings. The molecule has 0 spiro atoms. The molecule has 0 saturated carbocycles. The van der Waals surface area contributed by atoms with E-state index in [1.165, 1.54) is 13.2 Å². The van der Waals surface area contributed by atoms with Gasteiger partial charge < -0.3 is 20.2 Å². The zero-order chi connectivity index (χ0) is 24.0. The second-order valence-electron chi connectivity index (χ2n) is 8.77. The molecule has 0 unspecified atom stereocenters. The Hall–Kier alpha value is -1.70. The average molecular weight is 453 g/mol. The SMILES string of the molecule is COC(=O)/C=C/C=C/C=C/CCNC(=O)[C@@H](C)[C@H](CN)O[Si](C(C)C)(C(C)C)C(C)C. The molecule has 0 bridgehead atoms. The highest BCUT2D eigenvalue weighted by molar-refractivity contribution is 6.77. The van der Waals surface area contributed by atoms with Gasteiger partial charge in [0.1, 0.15) is 0 Å². The predicted octanol–water partition coefficient (Wildman–Crippen LogP) is 4.49. The van der Waals surface area contributed by atoms with Crippen LogP contribution in [0.2, 0.25) is 16.6 Å². The number of hydrogen-bond acceptors (Lipinski definition) is 5. The first kappa shape index (κ1) is 29.3. The number of allylic oxidation sites excluding steroid dienone is 4. The van der Waals surface area contributed by atoms with Crippen molar-refractivity contribution in [2.24, 2.45) is 11.7 Å². The summed E-state index contributed by atoms with van der Waals surface area (Å²) >= 11 is 0. The number of hydrogen-bond donors (Lipinski definition) is 2. The zero-order valence-corrected chi connectivity index (χ0v) is 21.7. The lowest BCUT2D eigenvalue weighted by Gasteiger charge is -2.45. The summed E-state index contributed by atoms with van der Waals surface area (Å²) in [7, 11) is -0.765. The van der Waals surface area contributed by atoms with Crippen LogP contribution in [0.5, 0.6) is 0 Å². The minimum absolute atomic E-state index is 0.0282. The third-order valence-electron chi connectivity index (χ3n) is 5.78. The fourth-order valence-corrected chi connectivity index (χ4v) is 9.78. The van der Waals surface area contributed by atoms with Crippen LogP contribution in [0.3, 0.4) is 0 Å². The second kappa shape index (κ2) is 15.2. The van der Waals surface area contributed by atoms with E-state index in [0.29, 0.717) is 36.1 Å². The van der Waals surface area contributed by atoms with Crippen LogP contribution in [-0.2, 0) is 18.8 Å². The lowest BCUT2D eigenvalue weighted by molar-refractivity contribution is -0.134. The van der Waals surface area contributed by atoms with E-state index in [4.69, 9.17) is 10.2 Å². The van der Waals surface area contributed by atoms with Crippen LogP contribution in [0.4, 0.5) is 0 Å². The molecule has 0 aliphatic rings. The molecular formula is C24H44N2O4Si. The van der Waals surface area contributed by atoms with Crippen molar-refractivity contribution in [3.8, 4) is 0 Å². The van der Waals surface area contributed by atoms with Crippen molar-refractivity contribution in [2.45, 2.75) is 77.6 Å². The van der Waals surface area contributed by atoms with Crippen molar-refractivity contribution in [3.05, 3.63) is 36.5 Å². The maximum Gasteiger partial charge on any atom is 0.330 e. The van der Waals surface area contributed by atoms with Gasteiger partial charge in [0.05, 0.1) is 19.1 Å². The number of carbonyl (C=O) groups excluding carboxylic acids is 2. The highest BCUT2D eigenvalue weighted by atomic mass is 28.4. The lowest BCUT2D eigenvalue weighted by atomic mass is 10.0. The van der Waals surface area contributed by atoms with Crippen molar-refractivity contribution in [1.29, 1.82) is 0 Å². The number of rotatable bonds is 14. The quantitative estimate of drug-likeness (QED) is 0.133. The molecule has 178 valence electrons. The molecule has 7 heteroatoms. The molecule has 0 radical (unpaired) electrons. The zero-order valence-electron chi connectivity index (χ0n) is 20.7. The van der Waals surface area contributed by atoms with Crippen molar-refractivity contribution >= 4 is 20.2 Å². The summed E-state index contributed by atoms with van der Waals surface area (Å²) in [6.45, 7) is 16.2. The highest BCUT2D eigenvalue weighted by Crippen LogP contribution is 2.43. The summed E-state index contributed by atoms with van der Waals surface area (Å²) in [5.41, 5.74) is 7.37. The molecule has 6 nitrogen and oxygen atoms in total. The third-order valence-corrected chi connectivity index (χ3v) is 11.9. The van der Waals surface area contributed by atoms with E-state index < -0.39 is 8.32 Å². The predicted molar refractivity (Wildman–Crippen MR) is 131 cm³/mol. The number of nitrogens with two attached hydrogens (primary N) is 1. The Labute approximate surface area is 190 Å². The maximum absolute atomic E-state index is 12.7. The molecule has 2 atom stereocenters. The fraction of sp³-hybridized carbons (Fsp3) is 0.667. The van der Waals surface area contributed by atoms with E-state index in [-0.39, 0.29) is 23.9 Å². The minimum atomic E-state index is -2.10. The first-order valence-electron chi connectivity index (χ1n) is 11.3. The van der Waals surface area contributed by atoms with Crippen molar-refractivity contribution < 1.29 is 18.8 Å². The smallest absolute Gasteiger partial charge is 0.330 e. The summed E-state index contributed by atoms with van der Waals surface area (Å²) in [6, 6.07) is 0. The van der Waals surface area contributed by atoms with Crippen LogP contribution in [0.1, 0.15) is 54.9 Å². The van der Waals surface area contributed by atoms with Crippen molar-refractivity contribution in [3.63, 3.8) is 0 Å². The molecule has 0 heterocycles. The van der Waals surface area contributed by atoms with Crippen molar-refractivity contribution in [1.82, 2.24) is 5.32 Å². The van der Waals surface area contributed by atoms with E-state index in [1.54, 1.807) is 12.2 Å². The minimum Gasteiger partial charge on any atom is -0.466 e. The second-order valence-corrected chi connectivity index (χ2v) is 14.2. The molecule has 0 aromatic carbocycles. The molecule has 0 fully saturated rings. The first-order valence-corrected chi connectivity index (χ1v) is 13.4. The summed E-state index contributed by atoms with van der Waals surface area (Å²) in [6.07, 6.45) is 10.8. The van der Waals surface area contributed by atoms with Crippen LogP contribution in [0, 0.1) is 5.92 Å². The van der Waals surface area contributed by atoms with E-state index in [9.17, 15) is 9.59 Å². The average Bonchev–Trinajstić information content (AvgIpc) is 2.71. The summed E-state index contributed by atoms with van der Waals surface area (Å²) < 4.78 is 11.3. The Morgan fingerprint density at radius 1 is 0.935 bits per heavy atom. The molecule has 0 aromatic heterocycles. The van der Waals surface area contributed by atoms with E-state index in [0.717, 1.165) is 0 Å². The van der Waals surface area contributed by atoms with Gasteiger partial charge in [-0.05, 0) is 23.0 Å². The number of ether oxygens (including phenoxy) is 1. The first-order chi connectivity index (χ1) is 14.5. The van der Waals surface area contributed by atoms with Gasteiger partial charge in [-0.1, -0.05) is 78.8 Å². The van der Waals surface area contributed by atoms with Crippen LogP contribution in [0.25, 0.3) is 0 Å². The van der Waals surface area contributed by atoms with Crippen LogP contribution >= 0.6 is 0 Å². The van der Waals surface area contributed by atoms with Crippen LogP contribution in [0.15, 0.2) is 36.5 Å². The molecule has 1 amide bonds. The molecule has 31 heavy (non-hydrogen) atoms. The summed E-state index contributed by atoms with van der Waals surface area (Å²) in [5, 5.41) is 2.99. The monoisotopic (exact) mass is 452 g/mol. The summed E-state index contributed by atoms with van der Waals surface area (Å²) in [5.74, 6) is -0.722. The van der Waals surface area contributed by atoms with Gasteiger partial charge in [-0.2, -0.15) is 0 Å². The van der Waals surface area contributed by atoms with E-state index >= 15 is 0 Å². The van der Waals surface area contributed by atoms with Gasteiger partial charge in [0.25, 0.3) is 0 Å². The molecule has 3 N–H and O–H groups in total. The van der Waals surface area contributed by atoms with Gasteiger partial charge in [0, 0.05) is 19.2 Å². The molecular weight excluding hydrogens is 408 g/mol. The lowest BCUT2D eigenvalue weighted by Crippen LogP contribution is -2.54. The Morgan fingerprint density at radius 3 is 1.97 bits per heavy atom. The Bertz CT molecular complexity index is 605. The fourth-order valence-electron chi connectivity index (χ4n) is 4.14. The molecule has 0 rings (SSSR count). The standard InChI is InChI=1S/C24H44N2O4Si/c1-18(2)31(19(3)4,20(5)6)30-22(17-25)21(7)24(28)26-16-14-12-10-9-11-13-15-23(27)29-8/h9-13,15,18-22H,14,16-17,25H2,1-8H3,(H,26,28)/b11-9+,12-10+,15-13+/t21-,22-/m0/s1. The number of esters is 1. The topological polar surface area (TPSA) is 90.7 Å². The van der Waals surface area contributed by atoms with Crippen molar-refractivity contribution in [2.75, 3.05) is 20.2 Å². The van der Waals surface area contributed by atoms with Gasteiger partial charge in [-0.25, -0.2) is 4.79 Å². The van der Waals surface area contributed by atoms with Crippen LogP contribution in [-0.4, -0.2) is 46.5 Å². The van der Waals surface area contributed by atoms with Gasteiger partial charge in [0.2, 0.25) is 14.2 Å². The Kier molecular flexibility index (Phi) is 14.3. The summed E-state index contributed by atoms with van der Waals surface area (Å²) in [4.78, 5) is 23.6. The van der Waals surface area contributed by atoms with Gasteiger partial charge in [-0.3, -0.25) is 4.79 Å². The van der Waals surface area contributed by atoms with Gasteiger partial charge in [0.15, 0.2) is 0 Å². The highest BCUT2D eigenvalue weighted by Gasteiger charge is 2.47. The molecule has 0 saturated heterocycles. The normalized spacial score (nSPS) is 15.0. The van der Waals surface area contributed by atoms with Gasteiger partial charge >= 0.3 is 5.97 Å². The molecule has 0 aliphatic carbocycles. The van der Waals surface area contributed by atoms with E-state index in [2.05, 4.69) is 51.6 Å². The third kappa shape index (κ3) is 9.54.